The second-order valence-corrected chi connectivity index (χ2v) is 5.89. The van der Waals surface area contributed by atoms with Gasteiger partial charge in [0, 0.05) is 12.1 Å². The minimum Gasteiger partial charge on any atom is -0.496 e. The number of methoxy groups -OCH3 is 3. The van der Waals surface area contributed by atoms with Crippen LogP contribution in [-0.4, -0.2) is 27.7 Å². The molecule has 0 aliphatic rings. The van der Waals surface area contributed by atoms with Crippen LogP contribution in [0.3, 0.4) is 0 Å². The molecule has 0 radical (unpaired) electrons. The molecule has 0 atom stereocenters. The first-order valence-corrected chi connectivity index (χ1v) is 7.89. The number of rotatable bonds is 8. The maximum Gasteiger partial charge on any atom is 0.132 e. The van der Waals surface area contributed by atoms with Crippen LogP contribution in [0.1, 0.15) is 23.5 Å². The maximum absolute atomic E-state index is 7.37. The highest BCUT2D eigenvalue weighted by atomic mass is 127. The van der Waals surface area contributed by atoms with Gasteiger partial charge in [-0.15, -0.1) is 12.4 Å². The molecule has 0 saturated carbocycles. The fourth-order valence-electron chi connectivity index (χ4n) is 2.14. The van der Waals surface area contributed by atoms with E-state index in [1.54, 1.807) is 24.3 Å². The highest BCUT2D eigenvalue weighted by Gasteiger charge is 2.09. The number of hydrogen-bond donors (Lipinski definition) is 1. The molecule has 0 bridgehead atoms. The molecule has 0 saturated heterocycles. The zero-order valence-corrected chi connectivity index (χ0v) is 15.6. The summed E-state index contributed by atoms with van der Waals surface area (Å²) in [7, 11) is -7.91. The van der Waals surface area contributed by atoms with E-state index in [4.69, 9.17) is 26.5 Å². The summed E-state index contributed by atoms with van der Waals surface area (Å²) in [6.45, 7) is 0.651. The topological polar surface area (TPSA) is 39.7 Å². The molecule has 0 spiro atoms. The molecule has 0 heterocycles. The standard InChI is InChI=1S/C18H22INO3.ClH/c1-21-16-7-5-4-6-14(16)12-20-9-8-13-10-18(23-3)15(19)11-17(13)22-2;/h4-7,10-11,20H,8-9,12H2,1-3H3;1H/i1D3,2D3,3D3;. The van der Waals surface area contributed by atoms with Crippen LogP contribution in [0.15, 0.2) is 36.4 Å². The molecule has 0 unspecified atom stereocenters. The minimum atomic E-state index is -2.68. The molecule has 0 aromatic heterocycles. The van der Waals surface area contributed by atoms with E-state index >= 15 is 0 Å². The largest absolute Gasteiger partial charge is 0.496 e. The van der Waals surface area contributed by atoms with Crippen LogP contribution in [0.2, 0.25) is 0 Å². The van der Waals surface area contributed by atoms with Gasteiger partial charge < -0.3 is 19.5 Å². The van der Waals surface area contributed by atoms with Crippen molar-refractivity contribution < 1.29 is 26.5 Å². The number of para-hydroxylation sites is 1. The Kier molecular flexibility index (Phi) is 4.76. The summed E-state index contributed by atoms with van der Waals surface area (Å²) in [6.07, 6.45) is 0.294. The van der Waals surface area contributed by atoms with Crippen LogP contribution in [0.4, 0.5) is 0 Å². The van der Waals surface area contributed by atoms with Crippen LogP contribution >= 0.6 is 35.0 Å². The molecule has 2 aromatic rings. The fourth-order valence-corrected chi connectivity index (χ4v) is 2.69. The number of nitrogens with one attached hydrogen (secondary N) is 1. The van der Waals surface area contributed by atoms with Gasteiger partial charge in [-0.2, -0.15) is 0 Å². The van der Waals surface area contributed by atoms with Crippen LogP contribution in [-0.2, 0) is 13.0 Å². The third kappa shape index (κ3) is 5.43. The highest BCUT2D eigenvalue weighted by molar-refractivity contribution is 14.1. The summed E-state index contributed by atoms with van der Waals surface area (Å²) in [5, 5.41) is 3.14. The maximum atomic E-state index is 7.37. The molecular weight excluding hydrogens is 441 g/mol. The van der Waals surface area contributed by atoms with E-state index < -0.39 is 21.1 Å². The van der Waals surface area contributed by atoms with E-state index in [0.717, 1.165) is 0 Å². The first-order valence-electron chi connectivity index (χ1n) is 11.3. The van der Waals surface area contributed by atoms with Gasteiger partial charge in [0.25, 0.3) is 0 Å². The van der Waals surface area contributed by atoms with Crippen molar-refractivity contribution in [3.8, 4) is 17.2 Å². The van der Waals surface area contributed by atoms with E-state index in [1.807, 2.05) is 22.6 Å². The van der Waals surface area contributed by atoms with E-state index in [2.05, 4.69) is 5.32 Å². The van der Waals surface area contributed by atoms with E-state index in [1.165, 1.54) is 12.1 Å². The summed E-state index contributed by atoms with van der Waals surface area (Å²) < 4.78 is 81.3. The molecule has 2 rings (SSSR count). The van der Waals surface area contributed by atoms with Crippen LogP contribution in [0.25, 0.3) is 0 Å². The van der Waals surface area contributed by atoms with Gasteiger partial charge in [0.1, 0.15) is 17.2 Å². The third-order valence-corrected chi connectivity index (χ3v) is 4.15. The van der Waals surface area contributed by atoms with Crippen molar-refractivity contribution in [3.63, 3.8) is 0 Å². The summed E-state index contributed by atoms with van der Waals surface area (Å²) in [4.78, 5) is 0. The van der Waals surface area contributed by atoms with Crippen molar-refractivity contribution in [1.29, 1.82) is 0 Å². The Hall–Kier alpha value is -1.18. The molecule has 0 aliphatic carbocycles. The average Bonchev–Trinajstić information content (AvgIpc) is 2.59. The van der Waals surface area contributed by atoms with Gasteiger partial charge >= 0.3 is 0 Å². The van der Waals surface area contributed by atoms with Crippen LogP contribution < -0.4 is 19.5 Å². The molecule has 1 N–H and O–H groups in total. The average molecular weight is 473 g/mol. The SMILES string of the molecule is Cl.[2H]C([2H])([2H])Oc1cc(CCNCc2ccccc2OC([2H])([2H])[2H])c(OC([2H])([2H])[2H])cc1I. The van der Waals surface area contributed by atoms with E-state index in [0.29, 0.717) is 34.2 Å². The van der Waals surface area contributed by atoms with Gasteiger partial charge in [0.15, 0.2) is 0 Å². The molecule has 132 valence electrons. The summed E-state index contributed by atoms with van der Waals surface area (Å²) in [5.74, 6) is 0.421. The van der Waals surface area contributed by atoms with Crippen LogP contribution in [0, 0.1) is 3.57 Å². The van der Waals surface area contributed by atoms with Crippen molar-refractivity contribution in [2.45, 2.75) is 13.0 Å². The van der Waals surface area contributed by atoms with Crippen molar-refractivity contribution in [1.82, 2.24) is 5.32 Å². The molecule has 4 nitrogen and oxygen atoms in total. The number of halogens is 2. The van der Waals surface area contributed by atoms with Crippen molar-refractivity contribution >= 4 is 35.0 Å². The summed E-state index contributed by atoms with van der Waals surface area (Å²) in [5.41, 5.74) is 1.08. The smallest absolute Gasteiger partial charge is 0.132 e. The predicted molar refractivity (Wildman–Crippen MR) is 108 cm³/mol. The molecule has 0 aliphatic heterocycles. The fraction of sp³-hybridized carbons (Fsp3) is 0.333. The van der Waals surface area contributed by atoms with Crippen molar-refractivity contribution in [3.05, 3.63) is 51.1 Å². The normalized spacial score (nSPS) is 17.1. The Morgan fingerprint density at radius 2 is 1.67 bits per heavy atom. The lowest BCUT2D eigenvalue weighted by Crippen LogP contribution is -2.17. The predicted octanol–water partition coefficient (Wildman–Crippen LogP) is 4.07. The summed E-state index contributed by atoms with van der Waals surface area (Å²) >= 11 is 1.85. The Morgan fingerprint density at radius 1 is 0.958 bits per heavy atom. The highest BCUT2D eigenvalue weighted by Crippen LogP contribution is 2.30. The second kappa shape index (κ2) is 10.6. The molecular formula is C18H23ClINO3. The second-order valence-electron chi connectivity index (χ2n) is 4.73. The van der Waals surface area contributed by atoms with E-state index in [9.17, 15) is 0 Å². The first-order chi connectivity index (χ1) is 14.6. The monoisotopic (exact) mass is 472 g/mol. The van der Waals surface area contributed by atoms with Gasteiger partial charge in [-0.05, 0) is 59.3 Å². The lowest BCUT2D eigenvalue weighted by Gasteiger charge is -2.13. The Morgan fingerprint density at radius 3 is 2.46 bits per heavy atom. The van der Waals surface area contributed by atoms with Gasteiger partial charge in [-0.25, -0.2) is 0 Å². The Balaban J connectivity index is 0.00000544. The van der Waals surface area contributed by atoms with Gasteiger partial charge in [0.2, 0.25) is 0 Å². The quantitative estimate of drug-likeness (QED) is 0.464. The number of hydrogen-bond acceptors (Lipinski definition) is 4. The molecule has 0 fully saturated rings. The molecule has 6 heteroatoms. The Labute approximate surface area is 176 Å². The molecule has 2 aromatic carbocycles. The van der Waals surface area contributed by atoms with E-state index in [-0.39, 0.29) is 29.7 Å². The third-order valence-electron chi connectivity index (χ3n) is 3.30. The molecule has 24 heavy (non-hydrogen) atoms. The Bertz CT molecular complexity index is 920. The zero-order chi connectivity index (χ0) is 24.2. The first kappa shape index (κ1) is 10.7. The number of ether oxygens (including phenoxy) is 3. The lowest BCUT2D eigenvalue weighted by molar-refractivity contribution is 0.395. The summed E-state index contributed by atoms with van der Waals surface area (Å²) in [6, 6.07) is 9.57. The van der Waals surface area contributed by atoms with Crippen molar-refractivity contribution in [2.24, 2.45) is 0 Å². The van der Waals surface area contributed by atoms with Gasteiger partial charge in [-0.1, -0.05) is 18.2 Å². The van der Waals surface area contributed by atoms with Crippen LogP contribution in [0.5, 0.6) is 17.2 Å². The zero-order valence-electron chi connectivity index (χ0n) is 21.6. The molecule has 0 amide bonds. The van der Waals surface area contributed by atoms with Gasteiger partial charge in [-0.3, -0.25) is 0 Å². The lowest BCUT2D eigenvalue weighted by atomic mass is 10.1. The minimum absolute atomic E-state index is 0. The number of benzene rings is 2. The van der Waals surface area contributed by atoms with Gasteiger partial charge in [0.05, 0.1) is 37.0 Å². The van der Waals surface area contributed by atoms with Crippen molar-refractivity contribution in [2.75, 3.05) is 27.7 Å².